The minimum atomic E-state index is -0.885. The van der Waals surface area contributed by atoms with Crippen LogP contribution in [-0.4, -0.2) is 52.9 Å². The van der Waals surface area contributed by atoms with Crippen LogP contribution >= 0.6 is 0 Å². The highest BCUT2D eigenvalue weighted by molar-refractivity contribution is 5.74. The van der Waals surface area contributed by atoms with E-state index in [2.05, 4.69) is 5.32 Å². The van der Waals surface area contributed by atoms with Crippen molar-refractivity contribution in [2.75, 3.05) is 13.7 Å². The summed E-state index contributed by atoms with van der Waals surface area (Å²) in [4.78, 5) is 24.3. The molecule has 0 saturated carbocycles. The summed E-state index contributed by atoms with van der Waals surface area (Å²) in [6.07, 6.45) is 0.926. The Labute approximate surface area is 130 Å². The lowest BCUT2D eigenvalue weighted by Crippen LogP contribution is -2.48. The van der Waals surface area contributed by atoms with Gasteiger partial charge in [-0.15, -0.1) is 0 Å². The molecule has 0 radical (unpaired) electrons. The maximum Gasteiger partial charge on any atom is 0.317 e. The maximum absolute atomic E-state index is 12.1. The summed E-state index contributed by atoms with van der Waals surface area (Å²) in [6, 6.07) is 8.74. The molecule has 22 heavy (non-hydrogen) atoms. The molecule has 1 unspecified atom stereocenters. The number of nitrogens with one attached hydrogen (secondary N) is 1. The van der Waals surface area contributed by atoms with Crippen molar-refractivity contribution < 1.29 is 19.8 Å². The molecule has 1 aromatic carbocycles. The fraction of sp³-hybridized carbons (Fsp3) is 0.500. The van der Waals surface area contributed by atoms with Crippen molar-refractivity contribution in [3.05, 3.63) is 35.9 Å². The van der Waals surface area contributed by atoms with Gasteiger partial charge in [-0.2, -0.15) is 0 Å². The summed E-state index contributed by atoms with van der Waals surface area (Å²) >= 11 is 0. The van der Waals surface area contributed by atoms with Crippen LogP contribution in [0.2, 0.25) is 0 Å². The van der Waals surface area contributed by atoms with Crippen LogP contribution in [0.1, 0.15) is 25.3 Å². The number of carboxylic acids is 1. The number of carboxylic acid groups (broad SMARTS) is 1. The van der Waals surface area contributed by atoms with Gasteiger partial charge in [-0.25, -0.2) is 4.79 Å². The Morgan fingerprint density at radius 3 is 2.45 bits per heavy atom. The van der Waals surface area contributed by atoms with Gasteiger partial charge in [0, 0.05) is 19.5 Å². The second-order valence-corrected chi connectivity index (χ2v) is 5.41. The van der Waals surface area contributed by atoms with Crippen molar-refractivity contribution in [2.45, 2.75) is 38.3 Å². The average Bonchev–Trinajstić information content (AvgIpc) is 2.51. The van der Waals surface area contributed by atoms with Gasteiger partial charge in [0.15, 0.2) is 0 Å². The van der Waals surface area contributed by atoms with Crippen LogP contribution in [0.25, 0.3) is 0 Å². The number of aliphatic hydroxyl groups excluding tert-OH is 1. The van der Waals surface area contributed by atoms with E-state index < -0.39 is 5.97 Å². The number of aliphatic hydroxyl groups is 1. The molecule has 6 nitrogen and oxygen atoms in total. The van der Waals surface area contributed by atoms with Crippen molar-refractivity contribution >= 4 is 12.0 Å². The molecule has 0 aliphatic rings. The molecular formula is C16H24N2O4. The lowest BCUT2D eigenvalue weighted by molar-refractivity contribution is -0.137. The Balaban J connectivity index is 2.68. The molecule has 0 saturated heterocycles. The van der Waals surface area contributed by atoms with Crippen LogP contribution in [0.5, 0.6) is 0 Å². The summed E-state index contributed by atoms with van der Waals surface area (Å²) in [5.74, 6) is -0.885. The molecule has 2 atom stereocenters. The second kappa shape index (κ2) is 9.04. The Morgan fingerprint density at radius 1 is 1.27 bits per heavy atom. The Kier molecular flexibility index (Phi) is 7.39. The molecule has 1 aromatic rings. The van der Waals surface area contributed by atoms with E-state index in [0.717, 1.165) is 5.56 Å². The quantitative estimate of drug-likeness (QED) is 0.678. The molecule has 1 rings (SSSR count). The van der Waals surface area contributed by atoms with Crippen LogP contribution in [0.3, 0.4) is 0 Å². The third kappa shape index (κ3) is 6.13. The second-order valence-electron chi connectivity index (χ2n) is 5.41. The number of hydrogen-bond donors (Lipinski definition) is 3. The highest BCUT2D eigenvalue weighted by Crippen LogP contribution is 2.09. The van der Waals surface area contributed by atoms with E-state index in [1.807, 2.05) is 30.3 Å². The molecule has 0 aromatic heterocycles. The van der Waals surface area contributed by atoms with Gasteiger partial charge in [-0.05, 0) is 25.3 Å². The summed E-state index contributed by atoms with van der Waals surface area (Å²) in [6.45, 7) is 1.62. The first kappa shape index (κ1) is 18.0. The van der Waals surface area contributed by atoms with Gasteiger partial charge >= 0.3 is 12.0 Å². The fourth-order valence-electron chi connectivity index (χ4n) is 2.02. The molecule has 0 spiro atoms. The smallest absolute Gasteiger partial charge is 0.317 e. The number of urea groups is 1. The number of rotatable bonds is 8. The Morgan fingerprint density at radius 2 is 1.91 bits per heavy atom. The topological polar surface area (TPSA) is 89.9 Å². The minimum absolute atomic E-state index is 0.00293. The zero-order chi connectivity index (χ0) is 16.5. The molecule has 0 heterocycles. The number of carbonyl (C=O) groups excluding carboxylic acids is 1. The van der Waals surface area contributed by atoms with Crippen molar-refractivity contribution in [1.29, 1.82) is 0 Å². The standard InChI is InChI=1S/C16H24N2O4/c1-12(11-19)18(2)16(22)17-14(8-9-15(20)21)10-13-6-4-3-5-7-13/h3-7,12,14,19H,8-11H2,1-2H3,(H,17,22)(H,20,21)/t12-,14?/m1/s1. The summed E-state index contributed by atoms with van der Waals surface area (Å²) < 4.78 is 0. The van der Waals surface area contributed by atoms with Crippen LogP contribution in [0.15, 0.2) is 30.3 Å². The molecule has 3 N–H and O–H groups in total. The predicted molar refractivity (Wildman–Crippen MR) is 83.6 cm³/mol. The number of hydrogen-bond acceptors (Lipinski definition) is 3. The van der Waals surface area contributed by atoms with Crippen molar-refractivity contribution in [3.8, 4) is 0 Å². The van der Waals surface area contributed by atoms with E-state index in [-0.39, 0.29) is 31.1 Å². The van der Waals surface area contributed by atoms with Crippen LogP contribution in [0, 0.1) is 0 Å². The van der Waals surface area contributed by atoms with Crippen molar-refractivity contribution in [3.63, 3.8) is 0 Å². The van der Waals surface area contributed by atoms with E-state index in [4.69, 9.17) is 10.2 Å². The van der Waals surface area contributed by atoms with Gasteiger partial charge in [-0.1, -0.05) is 30.3 Å². The van der Waals surface area contributed by atoms with Gasteiger partial charge in [-0.3, -0.25) is 4.79 Å². The molecule has 122 valence electrons. The van der Waals surface area contributed by atoms with Gasteiger partial charge in [0.2, 0.25) is 0 Å². The molecule has 2 amide bonds. The lowest BCUT2D eigenvalue weighted by Gasteiger charge is -2.27. The van der Waals surface area contributed by atoms with Gasteiger partial charge < -0.3 is 20.4 Å². The van der Waals surface area contributed by atoms with Crippen LogP contribution in [0.4, 0.5) is 4.79 Å². The van der Waals surface area contributed by atoms with Gasteiger partial charge in [0.05, 0.1) is 12.6 Å². The third-order valence-electron chi connectivity index (χ3n) is 3.60. The largest absolute Gasteiger partial charge is 0.481 e. The number of amides is 2. The Bertz CT molecular complexity index is 478. The number of benzene rings is 1. The van der Waals surface area contributed by atoms with Crippen LogP contribution in [-0.2, 0) is 11.2 Å². The van der Waals surface area contributed by atoms with Gasteiger partial charge in [0.1, 0.15) is 0 Å². The predicted octanol–water partition coefficient (Wildman–Crippen LogP) is 1.48. The molecular weight excluding hydrogens is 284 g/mol. The van der Waals surface area contributed by atoms with E-state index in [1.165, 1.54) is 4.90 Å². The fourth-order valence-corrected chi connectivity index (χ4v) is 2.02. The number of likely N-dealkylation sites (N-methyl/N-ethyl adjacent to an activating group) is 1. The minimum Gasteiger partial charge on any atom is -0.481 e. The molecule has 6 heteroatoms. The summed E-state index contributed by atoms with van der Waals surface area (Å²) in [5.41, 5.74) is 1.04. The average molecular weight is 308 g/mol. The SMILES string of the molecule is C[C@H](CO)N(C)C(=O)NC(CCC(=O)O)Cc1ccccc1. The first-order valence-electron chi connectivity index (χ1n) is 7.34. The monoisotopic (exact) mass is 308 g/mol. The van der Waals surface area contributed by atoms with E-state index >= 15 is 0 Å². The maximum atomic E-state index is 12.1. The first-order chi connectivity index (χ1) is 10.4. The third-order valence-corrected chi connectivity index (χ3v) is 3.60. The summed E-state index contributed by atoms with van der Waals surface area (Å²) in [7, 11) is 1.60. The lowest BCUT2D eigenvalue weighted by atomic mass is 10.0. The first-order valence-corrected chi connectivity index (χ1v) is 7.34. The molecule has 0 fully saturated rings. The van der Waals surface area contributed by atoms with E-state index in [1.54, 1.807) is 14.0 Å². The van der Waals surface area contributed by atoms with Crippen LogP contribution < -0.4 is 5.32 Å². The molecule has 0 bridgehead atoms. The zero-order valence-electron chi connectivity index (χ0n) is 13.0. The van der Waals surface area contributed by atoms with Crippen molar-refractivity contribution in [1.82, 2.24) is 10.2 Å². The van der Waals surface area contributed by atoms with Gasteiger partial charge in [0.25, 0.3) is 0 Å². The Hall–Kier alpha value is -2.08. The zero-order valence-corrected chi connectivity index (χ0v) is 13.0. The molecule has 0 aliphatic carbocycles. The van der Waals surface area contributed by atoms with E-state index in [9.17, 15) is 9.59 Å². The van der Waals surface area contributed by atoms with Crippen molar-refractivity contribution in [2.24, 2.45) is 0 Å². The normalized spacial score (nSPS) is 13.2. The highest BCUT2D eigenvalue weighted by atomic mass is 16.4. The summed E-state index contributed by atoms with van der Waals surface area (Å²) in [5, 5.41) is 20.8. The molecule has 0 aliphatic heterocycles. The number of carbonyl (C=O) groups is 2. The van der Waals surface area contributed by atoms with E-state index in [0.29, 0.717) is 12.8 Å². The highest BCUT2D eigenvalue weighted by Gasteiger charge is 2.19. The number of nitrogens with zero attached hydrogens (tertiary/aromatic N) is 1. The number of aliphatic carboxylic acids is 1.